The number of aliphatic hydroxyl groups is 1. The number of benzene rings is 1. The van der Waals surface area contributed by atoms with E-state index in [-0.39, 0.29) is 18.0 Å². The summed E-state index contributed by atoms with van der Waals surface area (Å²) < 4.78 is 26.6. The van der Waals surface area contributed by atoms with Gasteiger partial charge >= 0.3 is 0 Å². The van der Waals surface area contributed by atoms with Crippen molar-refractivity contribution in [1.29, 1.82) is 0 Å². The summed E-state index contributed by atoms with van der Waals surface area (Å²) >= 11 is 0. The van der Waals surface area contributed by atoms with E-state index >= 15 is 0 Å². The Hall–Kier alpha value is -1.49. The van der Waals surface area contributed by atoms with Crippen LogP contribution >= 0.6 is 0 Å². The first kappa shape index (κ1) is 14.6. The second-order valence-corrected chi connectivity index (χ2v) is 4.43. The maximum Gasteiger partial charge on any atom is 0.224 e. The lowest BCUT2D eigenvalue weighted by molar-refractivity contribution is -0.121. The van der Waals surface area contributed by atoms with Crippen LogP contribution in [0.3, 0.4) is 0 Å². The molecule has 2 N–H and O–H groups in total. The summed E-state index contributed by atoms with van der Waals surface area (Å²) in [6, 6.07) is 3.24. The van der Waals surface area contributed by atoms with Crippen molar-refractivity contribution in [3.63, 3.8) is 0 Å². The zero-order valence-corrected chi connectivity index (χ0v) is 10.4. The molecule has 0 spiro atoms. The predicted octanol–water partition coefficient (Wildman–Crippen LogP) is 1.78. The summed E-state index contributed by atoms with van der Waals surface area (Å²) in [6.45, 7) is 3.33. The first-order chi connectivity index (χ1) is 8.40. The Morgan fingerprint density at radius 3 is 2.39 bits per heavy atom. The van der Waals surface area contributed by atoms with Gasteiger partial charge < -0.3 is 10.4 Å². The van der Waals surface area contributed by atoms with E-state index in [1.165, 1.54) is 6.07 Å². The van der Waals surface area contributed by atoms with Gasteiger partial charge in [0.2, 0.25) is 5.91 Å². The SMILES string of the molecule is CC(O)CC(C)NC(=O)Cc1c(F)cccc1F. The van der Waals surface area contributed by atoms with Crippen LogP contribution in [0.2, 0.25) is 0 Å². The second-order valence-electron chi connectivity index (χ2n) is 4.43. The van der Waals surface area contributed by atoms with Crippen LogP contribution < -0.4 is 5.32 Å². The largest absolute Gasteiger partial charge is 0.393 e. The van der Waals surface area contributed by atoms with Gasteiger partial charge in [0, 0.05) is 11.6 Å². The molecule has 0 aliphatic heterocycles. The summed E-state index contributed by atoms with van der Waals surface area (Å²) in [7, 11) is 0. The van der Waals surface area contributed by atoms with Gasteiger partial charge in [0.1, 0.15) is 11.6 Å². The van der Waals surface area contributed by atoms with Gasteiger partial charge in [0.15, 0.2) is 0 Å². The van der Waals surface area contributed by atoms with Crippen molar-refractivity contribution in [3.05, 3.63) is 35.4 Å². The minimum Gasteiger partial charge on any atom is -0.393 e. The van der Waals surface area contributed by atoms with Gasteiger partial charge in [-0.2, -0.15) is 0 Å². The number of rotatable bonds is 5. The normalized spacial score (nSPS) is 14.1. The molecule has 1 amide bonds. The lowest BCUT2D eigenvalue weighted by atomic mass is 10.1. The first-order valence-electron chi connectivity index (χ1n) is 5.80. The molecule has 1 aromatic carbocycles. The van der Waals surface area contributed by atoms with Gasteiger partial charge in [-0.3, -0.25) is 4.79 Å². The quantitative estimate of drug-likeness (QED) is 0.844. The Kier molecular flexibility index (Phi) is 5.22. The molecule has 0 saturated heterocycles. The molecular weight excluding hydrogens is 240 g/mol. The Balaban J connectivity index is 2.60. The molecule has 2 unspecified atom stereocenters. The molecule has 0 heterocycles. The summed E-state index contributed by atoms with van der Waals surface area (Å²) in [5.41, 5.74) is -0.237. The molecule has 0 aliphatic carbocycles. The molecule has 1 rings (SSSR count). The summed E-state index contributed by atoms with van der Waals surface area (Å²) in [5, 5.41) is 11.7. The van der Waals surface area contributed by atoms with Crippen LogP contribution in [0.1, 0.15) is 25.8 Å². The van der Waals surface area contributed by atoms with E-state index < -0.39 is 23.6 Å². The van der Waals surface area contributed by atoms with Gasteiger partial charge in [0.25, 0.3) is 0 Å². The summed E-state index contributed by atoms with van der Waals surface area (Å²) in [4.78, 5) is 11.6. The molecule has 0 bridgehead atoms. The fourth-order valence-corrected chi connectivity index (χ4v) is 1.76. The minimum atomic E-state index is -0.728. The molecule has 0 aliphatic rings. The maximum atomic E-state index is 13.3. The predicted molar refractivity (Wildman–Crippen MR) is 64.0 cm³/mol. The van der Waals surface area contributed by atoms with Crippen LogP contribution in [0.5, 0.6) is 0 Å². The molecule has 1 aromatic rings. The van der Waals surface area contributed by atoms with E-state index in [2.05, 4.69) is 5.32 Å². The van der Waals surface area contributed by atoms with Crippen molar-refractivity contribution in [3.8, 4) is 0 Å². The van der Waals surface area contributed by atoms with Crippen molar-refractivity contribution in [2.24, 2.45) is 0 Å². The summed E-state index contributed by atoms with van der Waals surface area (Å²) in [6.07, 6.45) is -0.487. The van der Waals surface area contributed by atoms with Crippen LogP contribution in [-0.4, -0.2) is 23.2 Å². The number of halogens is 2. The fourth-order valence-electron chi connectivity index (χ4n) is 1.76. The summed E-state index contributed by atoms with van der Waals surface area (Å²) in [5.74, 6) is -1.92. The van der Waals surface area contributed by atoms with Crippen LogP contribution in [-0.2, 0) is 11.2 Å². The van der Waals surface area contributed by atoms with Crippen molar-refractivity contribution < 1.29 is 18.7 Å². The highest BCUT2D eigenvalue weighted by atomic mass is 19.1. The van der Waals surface area contributed by atoms with Crippen LogP contribution in [0.25, 0.3) is 0 Å². The Morgan fingerprint density at radius 1 is 1.33 bits per heavy atom. The molecule has 3 nitrogen and oxygen atoms in total. The molecule has 0 saturated carbocycles. The number of carbonyl (C=O) groups excluding carboxylic acids is 1. The Morgan fingerprint density at radius 2 is 1.89 bits per heavy atom. The van der Waals surface area contributed by atoms with E-state index in [4.69, 9.17) is 5.11 Å². The number of hydrogen-bond acceptors (Lipinski definition) is 2. The number of aliphatic hydroxyl groups excluding tert-OH is 1. The van der Waals surface area contributed by atoms with Crippen LogP contribution in [0.4, 0.5) is 8.78 Å². The highest BCUT2D eigenvalue weighted by Gasteiger charge is 2.15. The zero-order chi connectivity index (χ0) is 13.7. The van der Waals surface area contributed by atoms with Gasteiger partial charge in [-0.05, 0) is 32.4 Å². The van der Waals surface area contributed by atoms with Crippen molar-refractivity contribution >= 4 is 5.91 Å². The third-order valence-electron chi connectivity index (χ3n) is 2.50. The minimum absolute atomic E-state index is 0.237. The van der Waals surface area contributed by atoms with E-state index in [0.29, 0.717) is 6.42 Å². The Labute approximate surface area is 105 Å². The molecule has 0 aromatic heterocycles. The standard InChI is InChI=1S/C13H17F2NO2/c1-8(6-9(2)17)16-13(18)7-10-11(14)4-3-5-12(10)15/h3-5,8-9,17H,6-7H2,1-2H3,(H,16,18). The number of carbonyl (C=O) groups is 1. The molecule has 100 valence electrons. The van der Waals surface area contributed by atoms with Gasteiger partial charge in [-0.25, -0.2) is 8.78 Å². The highest BCUT2D eigenvalue weighted by molar-refractivity contribution is 5.78. The molecule has 0 fully saturated rings. The topological polar surface area (TPSA) is 49.3 Å². The molecule has 2 atom stereocenters. The highest BCUT2D eigenvalue weighted by Crippen LogP contribution is 2.12. The third kappa shape index (κ3) is 4.41. The third-order valence-corrected chi connectivity index (χ3v) is 2.50. The van der Waals surface area contributed by atoms with E-state index in [1.807, 2.05) is 0 Å². The van der Waals surface area contributed by atoms with Crippen molar-refractivity contribution in [2.75, 3.05) is 0 Å². The van der Waals surface area contributed by atoms with E-state index in [1.54, 1.807) is 13.8 Å². The van der Waals surface area contributed by atoms with Crippen LogP contribution in [0.15, 0.2) is 18.2 Å². The number of hydrogen-bond donors (Lipinski definition) is 2. The van der Waals surface area contributed by atoms with E-state index in [0.717, 1.165) is 12.1 Å². The molecular formula is C13H17F2NO2. The Bertz CT molecular complexity index is 401. The average Bonchev–Trinajstić information content (AvgIpc) is 2.22. The first-order valence-corrected chi connectivity index (χ1v) is 5.80. The van der Waals surface area contributed by atoms with E-state index in [9.17, 15) is 13.6 Å². The smallest absolute Gasteiger partial charge is 0.224 e. The molecule has 5 heteroatoms. The average molecular weight is 257 g/mol. The molecule has 0 radical (unpaired) electrons. The molecule has 18 heavy (non-hydrogen) atoms. The van der Waals surface area contributed by atoms with Crippen LogP contribution in [0, 0.1) is 11.6 Å². The monoisotopic (exact) mass is 257 g/mol. The van der Waals surface area contributed by atoms with Gasteiger partial charge in [-0.1, -0.05) is 6.07 Å². The second kappa shape index (κ2) is 6.44. The van der Waals surface area contributed by atoms with Gasteiger partial charge in [0.05, 0.1) is 12.5 Å². The van der Waals surface area contributed by atoms with Crippen molar-refractivity contribution in [1.82, 2.24) is 5.32 Å². The lowest BCUT2D eigenvalue weighted by Gasteiger charge is -2.15. The zero-order valence-electron chi connectivity index (χ0n) is 10.4. The maximum absolute atomic E-state index is 13.3. The van der Waals surface area contributed by atoms with Gasteiger partial charge in [-0.15, -0.1) is 0 Å². The lowest BCUT2D eigenvalue weighted by Crippen LogP contribution is -2.35. The number of amides is 1. The fraction of sp³-hybridized carbons (Fsp3) is 0.462. The number of nitrogens with one attached hydrogen (secondary N) is 1. The van der Waals surface area contributed by atoms with Crippen molar-refractivity contribution in [2.45, 2.75) is 38.8 Å².